The van der Waals surface area contributed by atoms with Crippen molar-refractivity contribution in [2.75, 3.05) is 0 Å². The summed E-state index contributed by atoms with van der Waals surface area (Å²) in [7, 11) is 0. The highest BCUT2D eigenvalue weighted by Crippen LogP contribution is 2.18. The summed E-state index contributed by atoms with van der Waals surface area (Å²) in [6, 6.07) is 9.83. The Morgan fingerprint density at radius 1 is 1.42 bits per heavy atom. The number of carboxylic acids is 1. The second kappa shape index (κ2) is 5.95. The predicted octanol–water partition coefficient (Wildman–Crippen LogP) is 3.44. The number of benzene rings is 1. The molecule has 5 heteroatoms. The fraction of sp³-hybridized carbons (Fsp3) is 0.214. The molecule has 100 valence electrons. The second-order valence-corrected chi connectivity index (χ2v) is 5.40. The highest BCUT2D eigenvalue weighted by molar-refractivity contribution is 7.13. The number of nitrogens with one attached hydrogen (secondary N) is 1. The molecule has 0 aliphatic carbocycles. The summed E-state index contributed by atoms with van der Waals surface area (Å²) in [5.74, 6) is -1.16. The van der Waals surface area contributed by atoms with Crippen LogP contribution >= 0.6 is 11.3 Å². The van der Waals surface area contributed by atoms with E-state index in [1.54, 1.807) is 18.2 Å². The molecule has 3 nitrogen and oxygen atoms in total. The number of rotatable bonds is 5. The zero-order chi connectivity index (χ0) is 13.8. The molecule has 0 bridgehead atoms. The molecule has 0 saturated carbocycles. The van der Waals surface area contributed by atoms with Crippen LogP contribution in [0.1, 0.15) is 33.1 Å². The number of aromatic carboxylic acids is 1. The van der Waals surface area contributed by atoms with Gasteiger partial charge < -0.3 is 10.4 Å². The van der Waals surface area contributed by atoms with Gasteiger partial charge in [0.05, 0.1) is 0 Å². The van der Waals surface area contributed by atoms with Gasteiger partial charge in [0.1, 0.15) is 10.7 Å². The third kappa shape index (κ3) is 3.62. The average molecular weight is 279 g/mol. The maximum Gasteiger partial charge on any atom is 0.345 e. The Labute approximate surface area is 114 Å². The first-order chi connectivity index (χ1) is 9.06. The molecule has 0 unspecified atom stereocenters. The topological polar surface area (TPSA) is 49.3 Å². The summed E-state index contributed by atoms with van der Waals surface area (Å²) in [6.07, 6.45) is 0. The van der Waals surface area contributed by atoms with Crippen LogP contribution in [0.4, 0.5) is 4.39 Å². The van der Waals surface area contributed by atoms with Crippen LogP contribution in [0, 0.1) is 5.82 Å². The van der Waals surface area contributed by atoms with Crippen LogP contribution in [0.5, 0.6) is 0 Å². The highest BCUT2D eigenvalue weighted by atomic mass is 32.1. The van der Waals surface area contributed by atoms with Gasteiger partial charge in [-0.1, -0.05) is 12.1 Å². The van der Waals surface area contributed by atoms with Crippen LogP contribution in [0.2, 0.25) is 0 Å². The van der Waals surface area contributed by atoms with Gasteiger partial charge in [-0.15, -0.1) is 11.3 Å². The standard InChI is InChI=1S/C14H14FNO2S/c1-9(10-3-2-4-11(15)7-10)16-8-12-5-6-13(19-12)14(17)18/h2-7,9,16H,8H2,1H3,(H,17,18)/t9-/m0/s1. The van der Waals surface area contributed by atoms with Crippen molar-refractivity contribution < 1.29 is 14.3 Å². The van der Waals surface area contributed by atoms with Crippen LogP contribution in [0.3, 0.4) is 0 Å². The first-order valence-corrected chi connectivity index (χ1v) is 6.69. The minimum Gasteiger partial charge on any atom is -0.477 e. The number of hydrogen-bond acceptors (Lipinski definition) is 3. The van der Waals surface area contributed by atoms with Gasteiger partial charge in [0.15, 0.2) is 0 Å². The van der Waals surface area contributed by atoms with E-state index in [9.17, 15) is 9.18 Å². The molecule has 1 aromatic heterocycles. The molecule has 1 heterocycles. The minimum atomic E-state index is -0.908. The molecule has 19 heavy (non-hydrogen) atoms. The molecular formula is C14H14FNO2S. The van der Waals surface area contributed by atoms with Crippen molar-refractivity contribution in [2.24, 2.45) is 0 Å². The fourth-order valence-corrected chi connectivity index (χ4v) is 2.53. The van der Waals surface area contributed by atoms with E-state index in [-0.39, 0.29) is 11.9 Å². The quantitative estimate of drug-likeness (QED) is 0.881. The van der Waals surface area contributed by atoms with E-state index in [0.717, 1.165) is 10.4 Å². The van der Waals surface area contributed by atoms with Gasteiger partial charge >= 0.3 is 5.97 Å². The largest absolute Gasteiger partial charge is 0.477 e. The third-order valence-electron chi connectivity index (χ3n) is 2.80. The Bertz CT molecular complexity index is 582. The molecule has 0 radical (unpaired) electrons. The van der Waals surface area contributed by atoms with Crippen LogP contribution in [0.15, 0.2) is 36.4 Å². The van der Waals surface area contributed by atoms with Crippen molar-refractivity contribution in [2.45, 2.75) is 19.5 Å². The molecule has 0 saturated heterocycles. The number of carboxylic acid groups (broad SMARTS) is 1. The van der Waals surface area contributed by atoms with Crippen LogP contribution in [-0.2, 0) is 6.54 Å². The molecule has 2 aromatic rings. The summed E-state index contributed by atoms with van der Waals surface area (Å²) in [5.41, 5.74) is 0.870. The number of thiophene rings is 1. The van der Waals surface area contributed by atoms with Gasteiger partial charge in [0.25, 0.3) is 0 Å². The first-order valence-electron chi connectivity index (χ1n) is 5.87. The van der Waals surface area contributed by atoms with Gasteiger partial charge in [-0.2, -0.15) is 0 Å². The SMILES string of the molecule is C[C@H](NCc1ccc(C(=O)O)s1)c1cccc(F)c1. The van der Waals surface area contributed by atoms with Crippen LogP contribution < -0.4 is 5.32 Å². The fourth-order valence-electron chi connectivity index (χ4n) is 1.74. The van der Waals surface area contributed by atoms with Crippen molar-refractivity contribution >= 4 is 17.3 Å². The van der Waals surface area contributed by atoms with E-state index < -0.39 is 5.97 Å². The lowest BCUT2D eigenvalue weighted by molar-refractivity contribution is 0.0702. The van der Waals surface area contributed by atoms with Crippen molar-refractivity contribution in [3.8, 4) is 0 Å². The Hall–Kier alpha value is -1.72. The van der Waals surface area contributed by atoms with E-state index in [4.69, 9.17) is 5.11 Å². The molecule has 0 aliphatic heterocycles. The predicted molar refractivity (Wildman–Crippen MR) is 72.9 cm³/mol. The van der Waals surface area contributed by atoms with Crippen LogP contribution in [-0.4, -0.2) is 11.1 Å². The summed E-state index contributed by atoms with van der Waals surface area (Å²) >= 11 is 1.25. The summed E-state index contributed by atoms with van der Waals surface area (Å²) < 4.78 is 13.1. The molecular weight excluding hydrogens is 265 g/mol. The van der Waals surface area contributed by atoms with E-state index in [1.165, 1.54) is 23.5 Å². The van der Waals surface area contributed by atoms with Crippen molar-refractivity contribution in [1.29, 1.82) is 0 Å². The van der Waals surface area contributed by atoms with Crippen molar-refractivity contribution in [3.63, 3.8) is 0 Å². The molecule has 0 amide bonds. The molecule has 0 fully saturated rings. The highest BCUT2D eigenvalue weighted by Gasteiger charge is 2.09. The van der Waals surface area contributed by atoms with Gasteiger partial charge in [-0.25, -0.2) is 9.18 Å². The molecule has 2 rings (SSSR count). The molecule has 2 N–H and O–H groups in total. The Morgan fingerprint density at radius 3 is 2.84 bits per heavy atom. The Kier molecular flexibility index (Phi) is 4.29. The van der Waals surface area contributed by atoms with Crippen molar-refractivity contribution in [1.82, 2.24) is 5.32 Å². The van der Waals surface area contributed by atoms with Crippen LogP contribution in [0.25, 0.3) is 0 Å². The lowest BCUT2D eigenvalue weighted by Crippen LogP contribution is -2.17. The Balaban J connectivity index is 1.96. The zero-order valence-corrected chi connectivity index (χ0v) is 11.2. The number of hydrogen-bond donors (Lipinski definition) is 2. The van der Waals surface area contributed by atoms with Crippen molar-refractivity contribution in [3.05, 3.63) is 57.5 Å². The summed E-state index contributed by atoms with van der Waals surface area (Å²) in [5, 5.41) is 12.1. The van der Waals surface area contributed by atoms with Gasteiger partial charge in [-0.3, -0.25) is 0 Å². The van der Waals surface area contributed by atoms with Gasteiger partial charge in [-0.05, 0) is 36.8 Å². The van der Waals surface area contributed by atoms with E-state index in [2.05, 4.69) is 5.32 Å². The monoisotopic (exact) mass is 279 g/mol. The molecule has 1 atom stereocenters. The lowest BCUT2D eigenvalue weighted by Gasteiger charge is -2.13. The lowest BCUT2D eigenvalue weighted by atomic mass is 10.1. The smallest absolute Gasteiger partial charge is 0.345 e. The summed E-state index contributed by atoms with van der Waals surface area (Å²) in [6.45, 7) is 2.51. The normalized spacial score (nSPS) is 12.3. The van der Waals surface area contributed by atoms with E-state index in [1.807, 2.05) is 13.0 Å². The van der Waals surface area contributed by atoms with Gasteiger partial charge in [0, 0.05) is 17.5 Å². The molecule has 0 aliphatic rings. The first kappa shape index (κ1) is 13.7. The zero-order valence-electron chi connectivity index (χ0n) is 10.4. The maximum atomic E-state index is 13.1. The number of halogens is 1. The van der Waals surface area contributed by atoms with E-state index in [0.29, 0.717) is 11.4 Å². The molecule has 1 aromatic carbocycles. The maximum absolute atomic E-state index is 13.1. The van der Waals surface area contributed by atoms with Gasteiger partial charge in [0.2, 0.25) is 0 Å². The third-order valence-corrected chi connectivity index (χ3v) is 3.88. The second-order valence-electron chi connectivity index (χ2n) is 4.23. The Morgan fingerprint density at radius 2 is 2.21 bits per heavy atom. The summed E-state index contributed by atoms with van der Waals surface area (Å²) in [4.78, 5) is 12.0. The number of carbonyl (C=O) groups is 1. The average Bonchev–Trinajstić information content (AvgIpc) is 2.85. The minimum absolute atomic E-state index is 0.00563. The molecule has 0 spiro atoms. The van der Waals surface area contributed by atoms with E-state index >= 15 is 0 Å².